The molecule has 0 atom stereocenters. The summed E-state index contributed by atoms with van der Waals surface area (Å²) in [5.74, 6) is -0.424. The summed E-state index contributed by atoms with van der Waals surface area (Å²) in [7, 11) is 0. The van der Waals surface area contributed by atoms with Crippen LogP contribution in [0.3, 0.4) is 0 Å². The Morgan fingerprint density at radius 1 is 0.923 bits per heavy atom. The van der Waals surface area contributed by atoms with Gasteiger partial charge < -0.3 is 10.6 Å². The van der Waals surface area contributed by atoms with Crippen molar-refractivity contribution >= 4 is 29.1 Å². The van der Waals surface area contributed by atoms with Crippen LogP contribution in [0.4, 0.5) is 5.69 Å². The number of carbonyl (C=O) groups is 2. The quantitative estimate of drug-likeness (QED) is 0.720. The predicted octanol–water partition coefficient (Wildman–Crippen LogP) is 3.92. The fraction of sp³-hybridized carbons (Fsp3) is 0.0500. The molecule has 1 aromatic heterocycles. The van der Waals surface area contributed by atoms with Gasteiger partial charge in [0, 0.05) is 35.2 Å². The molecule has 0 fully saturated rings. The molecule has 5 nitrogen and oxygen atoms in total. The molecule has 0 radical (unpaired) electrons. The Morgan fingerprint density at radius 2 is 1.73 bits per heavy atom. The van der Waals surface area contributed by atoms with E-state index in [1.54, 1.807) is 48.7 Å². The molecular weight excluding hydrogens is 350 g/mol. The van der Waals surface area contributed by atoms with Gasteiger partial charge in [0.2, 0.25) is 0 Å². The van der Waals surface area contributed by atoms with Crippen LogP contribution in [-0.2, 0) is 6.54 Å². The van der Waals surface area contributed by atoms with Crippen molar-refractivity contribution in [3.63, 3.8) is 0 Å². The average Bonchev–Trinajstić information content (AvgIpc) is 2.67. The normalized spacial score (nSPS) is 10.2. The van der Waals surface area contributed by atoms with Crippen molar-refractivity contribution in [1.82, 2.24) is 10.3 Å². The standard InChI is InChI=1S/C20H16ClN3O2/c21-17-8-6-15(7-9-17)20(26)24-18-5-1-3-14(11-18)12-23-19(25)16-4-2-10-22-13-16/h1-11,13H,12H2,(H,23,25)(H,24,26). The maximum absolute atomic E-state index is 12.3. The van der Waals surface area contributed by atoms with E-state index in [2.05, 4.69) is 15.6 Å². The van der Waals surface area contributed by atoms with Crippen LogP contribution in [0.25, 0.3) is 0 Å². The fourth-order valence-corrected chi connectivity index (χ4v) is 2.47. The number of halogens is 1. The van der Waals surface area contributed by atoms with E-state index in [9.17, 15) is 9.59 Å². The summed E-state index contributed by atoms with van der Waals surface area (Å²) >= 11 is 5.83. The van der Waals surface area contributed by atoms with Gasteiger partial charge in [0.25, 0.3) is 11.8 Å². The minimum atomic E-state index is -0.224. The van der Waals surface area contributed by atoms with E-state index in [1.807, 2.05) is 18.2 Å². The Bertz CT molecular complexity index is 912. The summed E-state index contributed by atoms with van der Waals surface area (Å²) < 4.78 is 0. The molecule has 2 aromatic carbocycles. The number of rotatable bonds is 5. The van der Waals surface area contributed by atoms with Crippen molar-refractivity contribution < 1.29 is 9.59 Å². The lowest BCUT2D eigenvalue weighted by Crippen LogP contribution is -2.23. The number of hydrogen-bond donors (Lipinski definition) is 2. The number of aromatic nitrogens is 1. The van der Waals surface area contributed by atoms with Crippen LogP contribution in [0, 0.1) is 0 Å². The zero-order valence-corrected chi connectivity index (χ0v) is 14.5. The number of hydrogen-bond acceptors (Lipinski definition) is 3. The van der Waals surface area contributed by atoms with E-state index in [-0.39, 0.29) is 11.8 Å². The van der Waals surface area contributed by atoms with Crippen LogP contribution in [0.15, 0.2) is 73.1 Å². The molecule has 0 spiro atoms. The third-order valence-corrected chi connectivity index (χ3v) is 3.92. The SMILES string of the molecule is O=C(NCc1cccc(NC(=O)c2ccc(Cl)cc2)c1)c1cccnc1. The van der Waals surface area contributed by atoms with Crippen LogP contribution in [0.1, 0.15) is 26.3 Å². The number of nitrogens with zero attached hydrogens (tertiary/aromatic N) is 1. The molecule has 3 rings (SSSR count). The van der Waals surface area contributed by atoms with E-state index in [1.165, 1.54) is 6.20 Å². The van der Waals surface area contributed by atoms with E-state index < -0.39 is 0 Å². The minimum absolute atomic E-state index is 0.200. The highest BCUT2D eigenvalue weighted by molar-refractivity contribution is 6.30. The average molecular weight is 366 g/mol. The van der Waals surface area contributed by atoms with E-state index >= 15 is 0 Å². The van der Waals surface area contributed by atoms with Gasteiger partial charge in [-0.2, -0.15) is 0 Å². The molecule has 0 aliphatic rings. The van der Waals surface area contributed by atoms with Crippen molar-refractivity contribution in [2.24, 2.45) is 0 Å². The molecule has 3 aromatic rings. The lowest BCUT2D eigenvalue weighted by Gasteiger charge is -2.09. The molecule has 0 saturated carbocycles. The Hall–Kier alpha value is -3.18. The molecule has 2 amide bonds. The first kappa shape index (κ1) is 17.6. The van der Waals surface area contributed by atoms with E-state index in [0.29, 0.717) is 28.4 Å². The first-order valence-corrected chi connectivity index (χ1v) is 8.34. The molecule has 2 N–H and O–H groups in total. The molecule has 6 heteroatoms. The highest BCUT2D eigenvalue weighted by Crippen LogP contribution is 2.14. The maximum Gasteiger partial charge on any atom is 0.255 e. The van der Waals surface area contributed by atoms with E-state index in [4.69, 9.17) is 11.6 Å². The minimum Gasteiger partial charge on any atom is -0.348 e. The van der Waals surface area contributed by atoms with Gasteiger partial charge >= 0.3 is 0 Å². The van der Waals surface area contributed by atoms with Gasteiger partial charge in [-0.25, -0.2) is 0 Å². The summed E-state index contributed by atoms with van der Waals surface area (Å²) in [5.41, 5.74) is 2.54. The Balaban J connectivity index is 1.62. The molecule has 0 aliphatic carbocycles. The second kappa shape index (κ2) is 8.27. The molecule has 0 saturated heterocycles. The third kappa shape index (κ3) is 4.68. The van der Waals surface area contributed by atoms with Gasteiger partial charge in [0.05, 0.1) is 5.56 Å². The highest BCUT2D eigenvalue weighted by Gasteiger charge is 2.08. The van der Waals surface area contributed by atoms with Crippen LogP contribution in [0.5, 0.6) is 0 Å². The molecule has 0 bridgehead atoms. The van der Waals surface area contributed by atoms with Gasteiger partial charge in [0.1, 0.15) is 0 Å². The number of nitrogens with one attached hydrogen (secondary N) is 2. The van der Waals surface area contributed by atoms with Gasteiger partial charge in [-0.1, -0.05) is 23.7 Å². The molecule has 0 unspecified atom stereocenters. The maximum atomic E-state index is 12.3. The Labute approximate surface area is 156 Å². The first-order chi connectivity index (χ1) is 12.6. The fourth-order valence-electron chi connectivity index (χ4n) is 2.35. The molecule has 26 heavy (non-hydrogen) atoms. The molecule has 1 heterocycles. The lowest BCUT2D eigenvalue weighted by molar-refractivity contribution is 0.0949. The monoisotopic (exact) mass is 365 g/mol. The number of anilines is 1. The van der Waals surface area contributed by atoms with Gasteiger partial charge in [-0.3, -0.25) is 14.6 Å². The summed E-state index contributed by atoms with van der Waals surface area (Å²) in [4.78, 5) is 28.2. The summed E-state index contributed by atoms with van der Waals surface area (Å²) in [6.45, 7) is 0.346. The van der Waals surface area contributed by atoms with Gasteiger partial charge in [-0.05, 0) is 54.1 Å². The van der Waals surface area contributed by atoms with Crippen molar-refractivity contribution in [2.75, 3.05) is 5.32 Å². The lowest BCUT2D eigenvalue weighted by atomic mass is 10.1. The predicted molar refractivity (Wildman–Crippen MR) is 101 cm³/mol. The molecule has 130 valence electrons. The largest absolute Gasteiger partial charge is 0.348 e. The summed E-state index contributed by atoms with van der Waals surface area (Å²) in [6.07, 6.45) is 3.13. The number of pyridine rings is 1. The zero-order valence-electron chi connectivity index (χ0n) is 13.8. The smallest absolute Gasteiger partial charge is 0.255 e. The molecule has 0 aliphatic heterocycles. The van der Waals surface area contributed by atoms with Crippen molar-refractivity contribution in [3.05, 3.63) is 94.8 Å². The highest BCUT2D eigenvalue weighted by atomic mass is 35.5. The summed E-state index contributed by atoms with van der Waals surface area (Å²) in [6, 6.07) is 17.4. The first-order valence-electron chi connectivity index (χ1n) is 7.96. The second-order valence-corrected chi connectivity index (χ2v) is 6.02. The van der Waals surface area contributed by atoms with E-state index in [0.717, 1.165) is 5.56 Å². The van der Waals surface area contributed by atoms with Crippen LogP contribution in [0.2, 0.25) is 5.02 Å². The number of amides is 2. The van der Waals surface area contributed by atoms with Crippen molar-refractivity contribution in [3.8, 4) is 0 Å². The third-order valence-electron chi connectivity index (χ3n) is 3.67. The van der Waals surface area contributed by atoms with Crippen LogP contribution >= 0.6 is 11.6 Å². The molecular formula is C20H16ClN3O2. The number of carbonyl (C=O) groups excluding carboxylic acids is 2. The van der Waals surface area contributed by atoms with Crippen LogP contribution < -0.4 is 10.6 Å². The van der Waals surface area contributed by atoms with Crippen LogP contribution in [-0.4, -0.2) is 16.8 Å². The zero-order chi connectivity index (χ0) is 18.4. The van der Waals surface area contributed by atoms with Gasteiger partial charge in [0.15, 0.2) is 0 Å². The van der Waals surface area contributed by atoms with Gasteiger partial charge in [-0.15, -0.1) is 0 Å². The topological polar surface area (TPSA) is 71.1 Å². The summed E-state index contributed by atoms with van der Waals surface area (Å²) in [5, 5.41) is 6.24. The Morgan fingerprint density at radius 3 is 2.46 bits per heavy atom. The Kier molecular flexibility index (Phi) is 5.61. The van der Waals surface area contributed by atoms with Crippen molar-refractivity contribution in [2.45, 2.75) is 6.54 Å². The van der Waals surface area contributed by atoms with Crippen molar-refractivity contribution in [1.29, 1.82) is 0 Å². The second-order valence-electron chi connectivity index (χ2n) is 5.59. The number of benzene rings is 2.